The van der Waals surface area contributed by atoms with Gasteiger partial charge >= 0.3 is 17.7 Å². The third-order valence-corrected chi connectivity index (χ3v) is 5.99. The number of nitrogens with zero attached hydrogens (tertiary/aromatic N) is 4. The SMILES string of the molecule is COCCOc1nc(N)c2[nH]c(=O)n(Cc3ccc(CNC(=O)CCCC(=O)ON4C(=O)CCC4=O)cc3)c2n1. The van der Waals surface area contributed by atoms with Crippen LogP contribution in [0.2, 0.25) is 0 Å². The second-order valence-electron chi connectivity index (χ2n) is 8.94. The molecule has 0 radical (unpaired) electrons. The van der Waals surface area contributed by atoms with E-state index >= 15 is 0 Å². The highest BCUT2D eigenvalue weighted by atomic mass is 16.7. The van der Waals surface area contributed by atoms with Crippen molar-refractivity contribution in [2.24, 2.45) is 0 Å². The number of aromatic nitrogens is 4. The predicted octanol–water partition coefficient (Wildman–Crippen LogP) is 0.169. The van der Waals surface area contributed by atoms with Crippen LogP contribution in [0.3, 0.4) is 0 Å². The molecule has 3 aromatic rings. The summed E-state index contributed by atoms with van der Waals surface area (Å²) in [5.41, 5.74) is 7.84. The molecule has 0 unspecified atom stereocenters. The molecule has 3 amide bonds. The first-order chi connectivity index (χ1) is 19.2. The van der Waals surface area contributed by atoms with Crippen molar-refractivity contribution in [3.8, 4) is 6.01 Å². The third-order valence-electron chi connectivity index (χ3n) is 5.99. The van der Waals surface area contributed by atoms with Crippen molar-refractivity contribution in [2.45, 2.75) is 45.2 Å². The molecule has 1 aliphatic heterocycles. The van der Waals surface area contributed by atoms with E-state index in [1.54, 1.807) is 7.11 Å². The van der Waals surface area contributed by atoms with E-state index in [-0.39, 0.29) is 69.5 Å². The van der Waals surface area contributed by atoms with Gasteiger partial charge in [0.15, 0.2) is 11.5 Å². The number of hydrogen-bond acceptors (Lipinski definition) is 11. The van der Waals surface area contributed by atoms with Gasteiger partial charge in [-0.2, -0.15) is 9.97 Å². The van der Waals surface area contributed by atoms with E-state index in [2.05, 4.69) is 20.3 Å². The lowest BCUT2D eigenvalue weighted by Crippen LogP contribution is -2.32. The molecule has 40 heavy (non-hydrogen) atoms. The number of nitrogens with two attached hydrogens (primary N) is 1. The zero-order valence-corrected chi connectivity index (χ0v) is 21.8. The largest absolute Gasteiger partial charge is 0.461 e. The Morgan fingerprint density at radius 2 is 1.73 bits per heavy atom. The molecule has 1 fully saturated rings. The number of imidazole rings is 1. The Hall–Kier alpha value is -4.79. The lowest BCUT2D eigenvalue weighted by Gasteiger charge is -2.12. The molecule has 4 rings (SSSR count). The molecule has 4 N–H and O–H groups in total. The maximum atomic E-state index is 12.6. The van der Waals surface area contributed by atoms with E-state index in [1.807, 2.05) is 24.3 Å². The number of nitrogen functional groups attached to an aromatic ring is 1. The number of benzene rings is 1. The molecular formula is C25H29N7O8. The lowest BCUT2D eigenvalue weighted by molar-refractivity contribution is -0.197. The van der Waals surface area contributed by atoms with Crippen molar-refractivity contribution in [1.82, 2.24) is 29.9 Å². The zero-order valence-electron chi connectivity index (χ0n) is 21.8. The fourth-order valence-electron chi connectivity index (χ4n) is 3.89. The summed E-state index contributed by atoms with van der Waals surface area (Å²) in [6.07, 6.45) is 0.205. The van der Waals surface area contributed by atoms with E-state index in [1.165, 1.54) is 4.57 Å². The van der Waals surface area contributed by atoms with Crippen LogP contribution in [0.1, 0.15) is 43.2 Å². The van der Waals surface area contributed by atoms with Crippen molar-refractivity contribution < 1.29 is 33.5 Å². The number of hydroxylamine groups is 2. The first-order valence-corrected chi connectivity index (χ1v) is 12.5. The molecule has 0 spiro atoms. The van der Waals surface area contributed by atoms with Gasteiger partial charge in [0.05, 0.1) is 13.2 Å². The Morgan fingerprint density at radius 1 is 1.02 bits per heavy atom. The number of anilines is 1. The number of carbonyl (C=O) groups is 4. The van der Waals surface area contributed by atoms with Crippen LogP contribution in [0.15, 0.2) is 29.1 Å². The minimum Gasteiger partial charge on any atom is -0.461 e. The number of imide groups is 1. The van der Waals surface area contributed by atoms with E-state index in [0.29, 0.717) is 22.8 Å². The van der Waals surface area contributed by atoms with Gasteiger partial charge in [-0.1, -0.05) is 24.3 Å². The highest BCUT2D eigenvalue weighted by Crippen LogP contribution is 2.19. The van der Waals surface area contributed by atoms with Crippen molar-refractivity contribution >= 4 is 40.7 Å². The summed E-state index contributed by atoms with van der Waals surface area (Å²) in [7, 11) is 1.54. The van der Waals surface area contributed by atoms with Crippen molar-refractivity contribution in [3.63, 3.8) is 0 Å². The molecular weight excluding hydrogens is 526 g/mol. The number of nitrogens with one attached hydrogen (secondary N) is 2. The Bertz CT molecular complexity index is 1450. The molecule has 3 heterocycles. The van der Waals surface area contributed by atoms with Gasteiger partial charge < -0.3 is 30.3 Å². The van der Waals surface area contributed by atoms with Crippen LogP contribution in [0.4, 0.5) is 5.82 Å². The van der Waals surface area contributed by atoms with Crippen LogP contribution < -0.4 is 21.5 Å². The highest BCUT2D eigenvalue weighted by molar-refractivity contribution is 6.01. The number of H-pyrrole nitrogens is 1. The number of aromatic amines is 1. The number of methoxy groups -OCH3 is 1. The molecule has 1 aliphatic rings. The van der Waals surface area contributed by atoms with Gasteiger partial charge in [0.2, 0.25) is 5.91 Å². The molecule has 0 aliphatic carbocycles. The van der Waals surface area contributed by atoms with E-state index in [9.17, 15) is 24.0 Å². The maximum Gasteiger partial charge on any atom is 0.333 e. The second-order valence-corrected chi connectivity index (χ2v) is 8.94. The molecule has 1 aromatic carbocycles. The fourth-order valence-corrected chi connectivity index (χ4v) is 3.89. The standard InChI is InChI=1S/C25H29N7O8/c1-38-11-12-39-24-29-22(26)21-23(30-24)31(25(37)28-21)14-16-7-5-15(6-8-16)13-27-17(33)3-2-4-20(36)40-32-18(34)9-10-19(32)35/h5-8H,2-4,9-14H2,1H3,(H,27,33)(H,28,37)(H2,26,29,30). The molecule has 212 valence electrons. The average molecular weight is 556 g/mol. The van der Waals surface area contributed by atoms with Gasteiger partial charge in [-0.25, -0.2) is 9.59 Å². The van der Waals surface area contributed by atoms with Crippen LogP contribution in [-0.4, -0.2) is 68.6 Å². The molecule has 15 heteroatoms. The third kappa shape index (κ3) is 6.99. The quantitative estimate of drug-likeness (QED) is 0.192. The lowest BCUT2D eigenvalue weighted by atomic mass is 10.1. The first-order valence-electron chi connectivity index (χ1n) is 12.5. The number of rotatable bonds is 13. The van der Waals surface area contributed by atoms with Gasteiger partial charge in [0.25, 0.3) is 11.8 Å². The van der Waals surface area contributed by atoms with Gasteiger partial charge in [0.1, 0.15) is 12.1 Å². The van der Waals surface area contributed by atoms with E-state index in [0.717, 1.165) is 11.1 Å². The topological polar surface area (TPSA) is 201 Å². The number of amides is 3. The molecule has 1 saturated heterocycles. The van der Waals surface area contributed by atoms with Gasteiger partial charge in [0, 0.05) is 39.3 Å². The fraction of sp³-hybridized carbons (Fsp3) is 0.400. The summed E-state index contributed by atoms with van der Waals surface area (Å²) in [5.74, 6) is -2.02. The average Bonchev–Trinajstić information content (AvgIpc) is 3.42. The van der Waals surface area contributed by atoms with Crippen LogP contribution in [0, 0.1) is 0 Å². The number of hydrogen-bond donors (Lipinski definition) is 3. The van der Waals surface area contributed by atoms with E-state index in [4.69, 9.17) is 20.0 Å². The van der Waals surface area contributed by atoms with E-state index < -0.39 is 23.5 Å². The van der Waals surface area contributed by atoms with Gasteiger partial charge in [-0.15, -0.1) is 5.06 Å². The minimum absolute atomic E-state index is 0.0209. The van der Waals surface area contributed by atoms with Crippen LogP contribution in [0.5, 0.6) is 6.01 Å². The zero-order chi connectivity index (χ0) is 28.6. The summed E-state index contributed by atoms with van der Waals surface area (Å²) in [6.45, 7) is 1.04. The summed E-state index contributed by atoms with van der Waals surface area (Å²) < 4.78 is 11.8. The number of ether oxygens (including phenoxy) is 2. The monoisotopic (exact) mass is 555 g/mol. The smallest absolute Gasteiger partial charge is 0.333 e. The Labute approximate surface area is 227 Å². The minimum atomic E-state index is -0.745. The molecule has 0 atom stereocenters. The first kappa shape index (κ1) is 28.2. The Balaban J connectivity index is 1.26. The number of carbonyl (C=O) groups excluding carboxylic acids is 4. The Kier molecular flexibility index (Phi) is 9.06. The van der Waals surface area contributed by atoms with Gasteiger partial charge in [-0.05, 0) is 17.5 Å². The summed E-state index contributed by atoms with van der Waals surface area (Å²) >= 11 is 0. The highest BCUT2D eigenvalue weighted by Gasteiger charge is 2.32. The predicted molar refractivity (Wildman–Crippen MR) is 138 cm³/mol. The molecule has 2 aromatic heterocycles. The van der Waals surface area contributed by atoms with Crippen molar-refractivity contribution in [1.29, 1.82) is 0 Å². The maximum absolute atomic E-state index is 12.6. The number of fused-ring (bicyclic) bond motifs is 1. The molecule has 0 saturated carbocycles. The van der Waals surface area contributed by atoms with Gasteiger partial charge in [-0.3, -0.25) is 19.0 Å². The summed E-state index contributed by atoms with van der Waals surface area (Å²) in [4.78, 5) is 75.3. The Morgan fingerprint density at radius 3 is 2.42 bits per heavy atom. The molecule has 15 nitrogen and oxygen atoms in total. The molecule has 0 bridgehead atoms. The van der Waals surface area contributed by atoms with Crippen LogP contribution in [0.25, 0.3) is 11.2 Å². The van der Waals surface area contributed by atoms with Crippen molar-refractivity contribution in [2.75, 3.05) is 26.1 Å². The summed E-state index contributed by atoms with van der Waals surface area (Å²) in [6, 6.07) is 7.32. The normalized spacial score (nSPS) is 13.2. The van der Waals surface area contributed by atoms with Crippen molar-refractivity contribution in [3.05, 3.63) is 45.9 Å². The van der Waals surface area contributed by atoms with Crippen LogP contribution in [-0.2, 0) is 41.8 Å². The summed E-state index contributed by atoms with van der Waals surface area (Å²) in [5, 5.41) is 3.25. The second kappa shape index (κ2) is 12.8. The van der Waals surface area contributed by atoms with Crippen LogP contribution >= 0.6 is 0 Å².